The molecule has 1 aromatic rings. The first-order valence-corrected chi connectivity index (χ1v) is 23.0. The molecule has 2 atom stereocenters. The Morgan fingerprint density at radius 3 is 2.38 bits per heavy atom. The Morgan fingerprint density at radius 2 is 1.76 bits per heavy atom. The van der Waals surface area contributed by atoms with Crippen molar-refractivity contribution in [2.75, 3.05) is 0 Å². The zero-order valence-electron chi connectivity index (χ0n) is 13.7. The van der Waals surface area contributed by atoms with E-state index >= 15 is 0 Å². The van der Waals surface area contributed by atoms with Gasteiger partial charge in [-0.3, -0.25) is 0 Å². The molecular weight excluding hydrogens is 361 g/mol. The van der Waals surface area contributed by atoms with Gasteiger partial charge in [-0.05, 0) is 31.4 Å². The van der Waals surface area contributed by atoms with Crippen LogP contribution in [-0.4, -0.2) is 53.8 Å². The molecule has 118 valence electrons. The van der Waals surface area contributed by atoms with Gasteiger partial charge in [0, 0.05) is 0 Å². The molecule has 0 bridgehead atoms. The van der Waals surface area contributed by atoms with E-state index in [4.69, 9.17) is 12.3 Å². The minimum atomic E-state index is -1.50. The summed E-state index contributed by atoms with van der Waals surface area (Å²) in [6.45, 7) is 12.9. The second kappa shape index (κ2) is 10.0. The van der Waals surface area contributed by atoms with Gasteiger partial charge in [0.05, 0.1) is 0 Å². The molecular formula is C12H28O3Si6. The van der Waals surface area contributed by atoms with Crippen LogP contribution in [0.15, 0.2) is 42.6 Å². The summed E-state index contributed by atoms with van der Waals surface area (Å²) in [5, 5.41) is 1.40. The van der Waals surface area contributed by atoms with E-state index < -0.39 is 53.8 Å². The van der Waals surface area contributed by atoms with Gasteiger partial charge in [-0.15, -0.1) is 6.58 Å². The van der Waals surface area contributed by atoms with Gasteiger partial charge >= 0.3 is 0 Å². The highest BCUT2D eigenvalue weighted by Gasteiger charge is 2.24. The third-order valence-electron chi connectivity index (χ3n) is 3.24. The van der Waals surface area contributed by atoms with Crippen LogP contribution in [0, 0.1) is 0 Å². The van der Waals surface area contributed by atoms with Crippen LogP contribution in [0.1, 0.15) is 0 Å². The van der Waals surface area contributed by atoms with E-state index in [0.717, 1.165) is 0 Å². The van der Waals surface area contributed by atoms with Crippen LogP contribution in [0.4, 0.5) is 0 Å². The number of hydrogen-bond donors (Lipinski definition) is 0. The summed E-state index contributed by atoms with van der Waals surface area (Å²) in [6.07, 6.45) is 0. The highest BCUT2D eigenvalue weighted by molar-refractivity contribution is 7.21. The maximum absolute atomic E-state index is 6.27. The van der Waals surface area contributed by atoms with Crippen molar-refractivity contribution in [1.29, 1.82) is 0 Å². The van der Waals surface area contributed by atoms with E-state index in [1.165, 1.54) is 5.19 Å². The van der Waals surface area contributed by atoms with Gasteiger partial charge in [0.25, 0.3) is 0 Å². The zero-order valence-corrected chi connectivity index (χ0v) is 21.2. The first kappa shape index (κ1) is 19.2. The van der Waals surface area contributed by atoms with E-state index in [-0.39, 0.29) is 0 Å². The van der Waals surface area contributed by atoms with Crippen LogP contribution >= 0.6 is 0 Å². The molecule has 0 spiro atoms. The van der Waals surface area contributed by atoms with E-state index in [0.29, 0.717) is 0 Å². The number of benzene rings is 1. The summed E-state index contributed by atoms with van der Waals surface area (Å²) >= 11 is 0. The molecule has 0 N–H and O–H groups in total. The molecule has 0 aliphatic heterocycles. The topological polar surface area (TPSA) is 27.7 Å². The lowest BCUT2D eigenvalue weighted by Gasteiger charge is -2.24. The molecule has 0 fully saturated rings. The molecule has 0 radical (unpaired) electrons. The average molecular weight is 389 g/mol. The fourth-order valence-corrected chi connectivity index (χ4v) is 31.6. The average Bonchev–Trinajstić information content (AvgIpc) is 2.50. The van der Waals surface area contributed by atoms with E-state index in [1.807, 2.05) is 5.70 Å². The lowest BCUT2D eigenvalue weighted by Crippen LogP contribution is -2.45. The van der Waals surface area contributed by atoms with Crippen molar-refractivity contribution in [2.45, 2.75) is 26.2 Å². The van der Waals surface area contributed by atoms with Gasteiger partial charge in [-0.2, -0.15) is 0 Å². The lowest BCUT2D eigenvalue weighted by atomic mass is 10.4. The Kier molecular flexibility index (Phi) is 9.15. The highest BCUT2D eigenvalue weighted by atomic mass is 29.2. The van der Waals surface area contributed by atoms with Crippen LogP contribution in [0.2, 0.25) is 26.2 Å². The molecule has 3 nitrogen and oxygen atoms in total. The third kappa shape index (κ3) is 8.37. The molecule has 0 heterocycles. The Hall–Kier alpha value is 0.141. The minimum Gasteiger partial charge on any atom is -0.462 e. The second-order valence-electron chi connectivity index (χ2n) is 5.78. The largest absolute Gasteiger partial charge is 0.462 e. The summed E-state index contributed by atoms with van der Waals surface area (Å²) in [4.78, 5) is 0. The molecule has 9 heteroatoms. The SMILES string of the molecule is C=C[SiH](C)O[SiH2][Si](C)(C)O[SiH2][SiH2]O[SiH](C)c1ccccc1. The second-order valence-corrected chi connectivity index (χ2v) is 26.5. The molecule has 0 saturated carbocycles. The number of rotatable bonds is 10. The molecule has 0 aliphatic carbocycles. The summed E-state index contributed by atoms with van der Waals surface area (Å²) < 4.78 is 18.5. The van der Waals surface area contributed by atoms with Gasteiger partial charge in [-0.25, -0.2) is 0 Å². The van der Waals surface area contributed by atoms with Crippen molar-refractivity contribution in [1.82, 2.24) is 0 Å². The van der Waals surface area contributed by atoms with Crippen molar-refractivity contribution in [3.8, 4) is 0 Å². The lowest BCUT2D eigenvalue weighted by molar-refractivity contribution is 0.582. The molecule has 21 heavy (non-hydrogen) atoms. The zero-order chi connectivity index (χ0) is 15.7. The maximum atomic E-state index is 6.27. The first-order chi connectivity index (χ1) is 9.94. The monoisotopic (exact) mass is 388 g/mol. The van der Waals surface area contributed by atoms with Crippen molar-refractivity contribution >= 4 is 58.9 Å². The fraction of sp³-hybridized carbons (Fsp3) is 0.333. The van der Waals surface area contributed by atoms with Crippen molar-refractivity contribution in [3.63, 3.8) is 0 Å². The van der Waals surface area contributed by atoms with Gasteiger partial charge in [0.1, 0.15) is 0 Å². The van der Waals surface area contributed by atoms with E-state index in [9.17, 15) is 0 Å². The Balaban J connectivity index is 2.22. The molecule has 0 aliphatic rings. The first-order valence-electron chi connectivity index (χ1n) is 7.49. The van der Waals surface area contributed by atoms with Crippen LogP contribution in [0.25, 0.3) is 0 Å². The predicted molar refractivity (Wildman–Crippen MR) is 109 cm³/mol. The summed E-state index contributed by atoms with van der Waals surface area (Å²) in [7, 11) is -5.14. The van der Waals surface area contributed by atoms with Gasteiger partial charge in [0.2, 0.25) is 0 Å². The standard InChI is InChI=1S/C12H28O3Si6/c1-6-19(2)14-18-21(4,5)15-17-16-13-20(3)12-10-8-7-9-11-12/h6-11,19-20H,1,16-18H2,2-5H3. The normalized spacial score (nSPS) is 16.4. The van der Waals surface area contributed by atoms with Crippen LogP contribution in [0.3, 0.4) is 0 Å². The van der Waals surface area contributed by atoms with E-state index in [1.54, 1.807) is 0 Å². The van der Waals surface area contributed by atoms with Crippen molar-refractivity contribution < 1.29 is 12.3 Å². The summed E-state index contributed by atoms with van der Waals surface area (Å²) in [5.41, 5.74) is 2.00. The molecule has 0 amide bonds. The fourth-order valence-electron chi connectivity index (χ4n) is 1.80. The molecule has 0 aromatic heterocycles. The maximum Gasteiger partial charge on any atom is 0.191 e. The molecule has 0 saturated heterocycles. The smallest absolute Gasteiger partial charge is 0.191 e. The van der Waals surface area contributed by atoms with Crippen LogP contribution < -0.4 is 5.19 Å². The van der Waals surface area contributed by atoms with Gasteiger partial charge in [-0.1, -0.05) is 36.0 Å². The Labute approximate surface area is 140 Å². The summed E-state index contributed by atoms with van der Waals surface area (Å²) in [6, 6.07) is 10.6. The molecule has 1 aromatic carbocycles. The van der Waals surface area contributed by atoms with E-state index in [2.05, 4.69) is 63.1 Å². The van der Waals surface area contributed by atoms with Crippen molar-refractivity contribution in [3.05, 3.63) is 42.6 Å². The van der Waals surface area contributed by atoms with Crippen LogP contribution in [0.5, 0.6) is 0 Å². The van der Waals surface area contributed by atoms with Gasteiger partial charge in [0.15, 0.2) is 53.8 Å². The van der Waals surface area contributed by atoms with Crippen molar-refractivity contribution in [2.24, 2.45) is 0 Å². The third-order valence-corrected chi connectivity index (χ3v) is 25.6. The molecule has 1 rings (SSSR count). The Bertz CT molecular complexity index is 417. The number of hydrogen-bond acceptors (Lipinski definition) is 3. The van der Waals surface area contributed by atoms with Gasteiger partial charge < -0.3 is 12.3 Å². The predicted octanol–water partition coefficient (Wildman–Crippen LogP) is -0.756. The molecule has 2 unspecified atom stereocenters. The summed E-state index contributed by atoms with van der Waals surface area (Å²) in [5.74, 6) is 0. The minimum absolute atomic E-state index is 0.430. The van der Waals surface area contributed by atoms with Crippen LogP contribution in [-0.2, 0) is 12.3 Å². The highest BCUT2D eigenvalue weighted by Crippen LogP contribution is 2.02. The quantitative estimate of drug-likeness (QED) is 0.390. The Morgan fingerprint density at radius 1 is 1.10 bits per heavy atom.